The molecule has 2 aromatic heterocycles. The van der Waals surface area contributed by atoms with Crippen LogP contribution in [0, 0.1) is 0 Å². The number of pyridine rings is 1. The topological polar surface area (TPSA) is 51.0 Å². The maximum Gasteiger partial charge on any atom is 0.227 e. The SMILES string of the molecule is O=C(Cc1ccc(-n2cccn2)cc1)N(Cc1ccc(Cl)c(Cl)c1)Cc1ccccn1. The molecule has 4 aromatic rings. The van der Waals surface area contributed by atoms with Crippen molar-refractivity contribution in [1.82, 2.24) is 19.7 Å². The third-order valence-electron chi connectivity index (χ3n) is 4.85. The number of aromatic nitrogens is 3. The van der Waals surface area contributed by atoms with Gasteiger partial charge in [-0.25, -0.2) is 4.68 Å². The lowest BCUT2D eigenvalue weighted by atomic mass is 10.1. The van der Waals surface area contributed by atoms with Gasteiger partial charge in [0.2, 0.25) is 5.91 Å². The van der Waals surface area contributed by atoms with E-state index < -0.39 is 0 Å². The molecule has 0 aliphatic rings. The Morgan fingerprint density at radius 3 is 2.35 bits per heavy atom. The zero-order valence-corrected chi connectivity index (χ0v) is 18.2. The molecule has 0 saturated carbocycles. The number of carbonyl (C=O) groups excluding carboxylic acids is 1. The number of amides is 1. The number of nitrogens with zero attached hydrogens (tertiary/aromatic N) is 4. The predicted octanol–water partition coefficient (Wildman–Crippen LogP) is 5.35. The molecule has 2 heterocycles. The van der Waals surface area contributed by atoms with Crippen LogP contribution in [0.1, 0.15) is 16.8 Å². The summed E-state index contributed by atoms with van der Waals surface area (Å²) in [5, 5.41) is 5.19. The minimum absolute atomic E-state index is 0.00330. The quantitative estimate of drug-likeness (QED) is 0.381. The highest BCUT2D eigenvalue weighted by Crippen LogP contribution is 2.24. The fourth-order valence-electron chi connectivity index (χ4n) is 3.25. The first-order valence-electron chi connectivity index (χ1n) is 9.79. The van der Waals surface area contributed by atoms with Crippen molar-refractivity contribution in [1.29, 1.82) is 0 Å². The standard InChI is InChI=1S/C24H20Cl2N4O/c25-22-10-7-19(14-23(22)26)16-29(17-20-4-1-2-11-27-20)24(31)15-18-5-8-21(9-6-18)30-13-3-12-28-30/h1-14H,15-17H2. The van der Waals surface area contributed by atoms with Gasteiger partial charge in [-0.15, -0.1) is 0 Å². The summed E-state index contributed by atoms with van der Waals surface area (Å²) in [5.74, 6) is 0.00330. The van der Waals surface area contributed by atoms with E-state index in [1.54, 1.807) is 34.1 Å². The average Bonchev–Trinajstić information content (AvgIpc) is 3.32. The minimum atomic E-state index is 0.00330. The van der Waals surface area contributed by atoms with E-state index in [9.17, 15) is 4.79 Å². The molecule has 0 fully saturated rings. The molecule has 0 bridgehead atoms. The summed E-state index contributed by atoms with van der Waals surface area (Å²) in [4.78, 5) is 19.4. The van der Waals surface area contributed by atoms with Crippen LogP contribution in [0.4, 0.5) is 0 Å². The van der Waals surface area contributed by atoms with E-state index in [4.69, 9.17) is 23.2 Å². The third-order valence-corrected chi connectivity index (χ3v) is 5.59. The van der Waals surface area contributed by atoms with Crippen LogP contribution in [-0.2, 0) is 24.3 Å². The van der Waals surface area contributed by atoms with Crippen molar-refractivity contribution in [3.8, 4) is 5.69 Å². The van der Waals surface area contributed by atoms with Crippen molar-refractivity contribution >= 4 is 29.1 Å². The molecule has 2 aromatic carbocycles. The lowest BCUT2D eigenvalue weighted by Crippen LogP contribution is -2.31. The van der Waals surface area contributed by atoms with Gasteiger partial charge in [-0.2, -0.15) is 5.10 Å². The number of rotatable bonds is 7. The molecule has 0 spiro atoms. The number of hydrogen-bond acceptors (Lipinski definition) is 3. The largest absolute Gasteiger partial charge is 0.332 e. The van der Waals surface area contributed by atoms with Gasteiger partial charge in [-0.05, 0) is 53.6 Å². The smallest absolute Gasteiger partial charge is 0.227 e. The van der Waals surface area contributed by atoms with Crippen LogP contribution >= 0.6 is 23.2 Å². The molecule has 4 rings (SSSR count). The lowest BCUT2D eigenvalue weighted by molar-refractivity contribution is -0.131. The monoisotopic (exact) mass is 450 g/mol. The second kappa shape index (κ2) is 9.77. The van der Waals surface area contributed by atoms with Crippen LogP contribution in [0.5, 0.6) is 0 Å². The van der Waals surface area contributed by atoms with Crippen LogP contribution in [0.2, 0.25) is 10.0 Å². The molecule has 0 atom stereocenters. The highest BCUT2D eigenvalue weighted by atomic mass is 35.5. The van der Waals surface area contributed by atoms with E-state index in [1.165, 1.54) is 0 Å². The number of benzene rings is 2. The van der Waals surface area contributed by atoms with E-state index in [2.05, 4.69) is 10.1 Å². The average molecular weight is 451 g/mol. The molecule has 0 aliphatic carbocycles. The summed E-state index contributed by atoms with van der Waals surface area (Å²) in [5.41, 5.74) is 3.61. The third kappa shape index (κ3) is 5.51. The van der Waals surface area contributed by atoms with Gasteiger partial charge in [0.15, 0.2) is 0 Å². The highest BCUT2D eigenvalue weighted by molar-refractivity contribution is 6.42. The van der Waals surface area contributed by atoms with Crippen molar-refractivity contribution in [2.75, 3.05) is 0 Å². The van der Waals surface area contributed by atoms with Crippen LogP contribution < -0.4 is 0 Å². The maximum absolute atomic E-state index is 13.2. The van der Waals surface area contributed by atoms with Crippen LogP contribution in [0.25, 0.3) is 5.69 Å². The number of hydrogen-bond donors (Lipinski definition) is 0. The van der Waals surface area contributed by atoms with Gasteiger partial charge in [0.05, 0.1) is 34.4 Å². The van der Waals surface area contributed by atoms with Gasteiger partial charge < -0.3 is 4.90 Å². The molecular weight excluding hydrogens is 431 g/mol. The zero-order valence-electron chi connectivity index (χ0n) is 16.7. The summed E-state index contributed by atoms with van der Waals surface area (Å²) in [7, 11) is 0. The van der Waals surface area contributed by atoms with Crippen molar-refractivity contribution in [3.05, 3.63) is 112 Å². The first-order valence-corrected chi connectivity index (χ1v) is 10.5. The number of halogens is 2. The predicted molar refractivity (Wildman–Crippen MR) is 122 cm³/mol. The van der Waals surface area contributed by atoms with Gasteiger partial charge in [-0.1, -0.05) is 47.5 Å². The Kier molecular flexibility index (Phi) is 6.65. The Morgan fingerprint density at radius 2 is 1.68 bits per heavy atom. The van der Waals surface area contributed by atoms with E-state index in [0.29, 0.717) is 23.1 Å². The molecule has 0 N–H and O–H groups in total. The normalized spacial score (nSPS) is 10.8. The Bertz CT molecular complexity index is 1150. The molecule has 0 saturated heterocycles. The molecule has 0 radical (unpaired) electrons. The summed E-state index contributed by atoms with van der Waals surface area (Å²) < 4.78 is 1.78. The molecule has 1 amide bonds. The van der Waals surface area contributed by atoms with Gasteiger partial charge in [-0.3, -0.25) is 9.78 Å². The molecule has 5 nitrogen and oxygen atoms in total. The summed E-state index contributed by atoms with van der Waals surface area (Å²) in [6, 6.07) is 20.8. The van der Waals surface area contributed by atoms with Crippen LogP contribution in [0.3, 0.4) is 0 Å². The first kappa shape index (κ1) is 21.1. The van der Waals surface area contributed by atoms with Crippen molar-refractivity contribution in [3.63, 3.8) is 0 Å². The summed E-state index contributed by atoms with van der Waals surface area (Å²) in [6.45, 7) is 0.822. The fourth-order valence-corrected chi connectivity index (χ4v) is 3.57. The molecule has 0 unspecified atom stereocenters. The van der Waals surface area contributed by atoms with Crippen molar-refractivity contribution in [2.24, 2.45) is 0 Å². The second-order valence-electron chi connectivity index (χ2n) is 7.11. The van der Waals surface area contributed by atoms with E-state index in [0.717, 1.165) is 22.5 Å². The maximum atomic E-state index is 13.2. The van der Waals surface area contributed by atoms with Crippen LogP contribution in [-0.4, -0.2) is 25.6 Å². The van der Waals surface area contributed by atoms with E-state index in [1.807, 2.05) is 60.8 Å². The van der Waals surface area contributed by atoms with Gasteiger partial charge >= 0.3 is 0 Å². The Balaban J connectivity index is 1.52. The summed E-state index contributed by atoms with van der Waals surface area (Å²) >= 11 is 12.2. The number of carbonyl (C=O) groups is 1. The second-order valence-corrected chi connectivity index (χ2v) is 7.93. The van der Waals surface area contributed by atoms with E-state index in [-0.39, 0.29) is 12.3 Å². The van der Waals surface area contributed by atoms with Crippen LogP contribution in [0.15, 0.2) is 85.3 Å². The van der Waals surface area contributed by atoms with Crippen molar-refractivity contribution in [2.45, 2.75) is 19.5 Å². The van der Waals surface area contributed by atoms with E-state index >= 15 is 0 Å². The van der Waals surface area contributed by atoms with Crippen molar-refractivity contribution < 1.29 is 4.79 Å². The minimum Gasteiger partial charge on any atom is -0.332 e. The molecular formula is C24H20Cl2N4O. The zero-order chi connectivity index (χ0) is 21.6. The Hall–Kier alpha value is -3.15. The highest BCUT2D eigenvalue weighted by Gasteiger charge is 2.17. The Morgan fingerprint density at radius 1 is 0.871 bits per heavy atom. The molecule has 156 valence electrons. The Labute approximate surface area is 190 Å². The van der Waals surface area contributed by atoms with Gasteiger partial charge in [0.1, 0.15) is 0 Å². The molecule has 31 heavy (non-hydrogen) atoms. The molecule has 7 heteroatoms. The summed E-state index contributed by atoms with van der Waals surface area (Å²) in [6.07, 6.45) is 5.63. The van der Waals surface area contributed by atoms with Gasteiger partial charge in [0, 0.05) is 25.1 Å². The lowest BCUT2D eigenvalue weighted by Gasteiger charge is -2.23. The van der Waals surface area contributed by atoms with Gasteiger partial charge in [0.25, 0.3) is 0 Å². The molecule has 0 aliphatic heterocycles. The first-order chi connectivity index (χ1) is 15.1. The fraction of sp³-hybridized carbons (Fsp3) is 0.125.